The Morgan fingerprint density at radius 2 is 1.78 bits per heavy atom. The largest absolute Gasteiger partial charge is 0.483 e. The van der Waals surface area contributed by atoms with Gasteiger partial charge < -0.3 is 20.1 Å². The molecule has 1 fully saturated rings. The molecule has 0 atom stereocenters. The number of nitrogens with zero attached hydrogens (tertiary/aromatic N) is 1. The maximum atomic E-state index is 12.8. The maximum absolute atomic E-state index is 12.8. The summed E-state index contributed by atoms with van der Waals surface area (Å²) in [7, 11) is 0. The molecule has 2 aromatic carbocycles. The number of ether oxygens (including phenoxy) is 1. The third-order valence-corrected chi connectivity index (χ3v) is 4.88. The molecular weight excluding hydrogens is 412 g/mol. The highest BCUT2D eigenvalue weighted by molar-refractivity contribution is 9.10. The smallest absolute Gasteiger partial charge is 0.262 e. The lowest BCUT2D eigenvalue weighted by Gasteiger charge is -2.30. The summed E-state index contributed by atoms with van der Waals surface area (Å²) in [6.45, 7) is 0.829. The van der Waals surface area contributed by atoms with E-state index in [2.05, 4.69) is 21.2 Å². The molecule has 3 rings (SSSR count). The summed E-state index contributed by atoms with van der Waals surface area (Å²) in [5.74, 6) is -0.0777. The van der Waals surface area contributed by atoms with E-state index >= 15 is 0 Å². The Hall–Kier alpha value is -2.38. The highest BCUT2D eigenvalue weighted by atomic mass is 79.9. The van der Waals surface area contributed by atoms with Crippen molar-refractivity contribution in [3.05, 3.63) is 58.6 Å². The average molecular weight is 433 g/mol. The van der Waals surface area contributed by atoms with Crippen LogP contribution in [-0.2, 0) is 4.79 Å². The van der Waals surface area contributed by atoms with Gasteiger partial charge in [0.1, 0.15) is 5.75 Å². The van der Waals surface area contributed by atoms with Gasteiger partial charge in [-0.3, -0.25) is 9.59 Å². The minimum Gasteiger partial charge on any atom is -0.483 e. The van der Waals surface area contributed by atoms with Crippen LogP contribution in [0.4, 0.5) is 5.69 Å². The second-order valence-corrected chi connectivity index (χ2v) is 7.28. The van der Waals surface area contributed by atoms with Crippen LogP contribution >= 0.6 is 15.9 Å². The van der Waals surface area contributed by atoms with Gasteiger partial charge in [0, 0.05) is 23.2 Å². The quantitative estimate of drug-likeness (QED) is 0.760. The van der Waals surface area contributed by atoms with E-state index in [9.17, 15) is 14.7 Å². The normalized spacial score (nSPS) is 14.7. The number of likely N-dealkylation sites (tertiary alicyclic amines) is 1. The van der Waals surface area contributed by atoms with Gasteiger partial charge in [-0.15, -0.1) is 0 Å². The average Bonchev–Trinajstić information content (AvgIpc) is 2.68. The number of halogens is 1. The molecule has 6 nitrogen and oxygen atoms in total. The van der Waals surface area contributed by atoms with Crippen molar-refractivity contribution in [3.63, 3.8) is 0 Å². The van der Waals surface area contributed by atoms with E-state index in [1.165, 1.54) is 0 Å². The van der Waals surface area contributed by atoms with Crippen LogP contribution in [0.25, 0.3) is 0 Å². The monoisotopic (exact) mass is 432 g/mol. The van der Waals surface area contributed by atoms with Gasteiger partial charge in [-0.25, -0.2) is 0 Å². The SMILES string of the molecule is O=C(COc1ccccc1C(=O)N1CCC(O)CC1)Nc1ccc(Br)cc1. The zero-order chi connectivity index (χ0) is 19.2. The van der Waals surface area contributed by atoms with Gasteiger partial charge in [-0.1, -0.05) is 28.1 Å². The number of piperidine rings is 1. The first-order chi connectivity index (χ1) is 13.0. The van der Waals surface area contributed by atoms with Crippen molar-refractivity contribution >= 4 is 33.4 Å². The minimum absolute atomic E-state index is 0.147. The molecule has 0 aliphatic carbocycles. The molecule has 0 radical (unpaired) electrons. The van der Waals surface area contributed by atoms with E-state index in [4.69, 9.17) is 4.74 Å². The van der Waals surface area contributed by atoms with Gasteiger partial charge in [-0.2, -0.15) is 0 Å². The lowest BCUT2D eigenvalue weighted by atomic mass is 10.1. The van der Waals surface area contributed by atoms with Crippen molar-refractivity contribution in [3.8, 4) is 5.75 Å². The molecule has 27 heavy (non-hydrogen) atoms. The van der Waals surface area contributed by atoms with Crippen molar-refractivity contribution in [2.45, 2.75) is 18.9 Å². The number of nitrogens with one attached hydrogen (secondary N) is 1. The lowest BCUT2D eigenvalue weighted by molar-refractivity contribution is -0.118. The fourth-order valence-corrected chi connectivity index (χ4v) is 3.15. The van der Waals surface area contributed by atoms with E-state index in [1.807, 2.05) is 12.1 Å². The number of para-hydroxylation sites is 1. The van der Waals surface area contributed by atoms with E-state index in [0.717, 1.165) is 4.47 Å². The minimum atomic E-state index is -0.345. The van der Waals surface area contributed by atoms with E-state index < -0.39 is 0 Å². The van der Waals surface area contributed by atoms with E-state index in [1.54, 1.807) is 41.3 Å². The van der Waals surface area contributed by atoms with Gasteiger partial charge in [0.05, 0.1) is 11.7 Å². The first-order valence-electron chi connectivity index (χ1n) is 8.77. The summed E-state index contributed by atoms with van der Waals surface area (Å²) >= 11 is 3.34. The zero-order valence-corrected chi connectivity index (χ0v) is 16.3. The molecule has 0 saturated carbocycles. The van der Waals surface area contributed by atoms with Crippen molar-refractivity contribution < 1.29 is 19.4 Å². The summed E-state index contributed by atoms with van der Waals surface area (Å²) < 4.78 is 6.54. The topological polar surface area (TPSA) is 78.9 Å². The number of amides is 2. The molecule has 0 bridgehead atoms. The second kappa shape index (κ2) is 9.01. The van der Waals surface area contributed by atoms with Crippen LogP contribution in [0.1, 0.15) is 23.2 Å². The molecule has 0 spiro atoms. The molecule has 1 aliphatic rings. The lowest BCUT2D eigenvalue weighted by Crippen LogP contribution is -2.40. The number of benzene rings is 2. The van der Waals surface area contributed by atoms with Crippen LogP contribution < -0.4 is 10.1 Å². The van der Waals surface area contributed by atoms with Crippen molar-refractivity contribution in [1.82, 2.24) is 4.90 Å². The number of aliphatic hydroxyl groups excluding tert-OH is 1. The Balaban J connectivity index is 1.61. The zero-order valence-electron chi connectivity index (χ0n) is 14.7. The molecule has 7 heteroatoms. The van der Waals surface area contributed by atoms with Crippen LogP contribution in [0.2, 0.25) is 0 Å². The Bertz CT molecular complexity index is 802. The Morgan fingerprint density at radius 3 is 2.48 bits per heavy atom. The van der Waals surface area contributed by atoms with Gasteiger partial charge in [-0.05, 0) is 49.2 Å². The second-order valence-electron chi connectivity index (χ2n) is 6.36. The van der Waals surface area contributed by atoms with Crippen LogP contribution in [0.5, 0.6) is 5.75 Å². The summed E-state index contributed by atoms with van der Waals surface area (Å²) in [5, 5.41) is 12.4. The molecule has 0 aromatic heterocycles. The standard InChI is InChI=1S/C20H21BrN2O4/c21-14-5-7-15(8-6-14)22-19(25)13-27-18-4-2-1-3-17(18)20(26)23-11-9-16(24)10-12-23/h1-8,16,24H,9-13H2,(H,22,25). The highest BCUT2D eigenvalue weighted by Gasteiger charge is 2.24. The number of carbonyl (C=O) groups excluding carboxylic acids is 2. The van der Waals surface area contributed by atoms with Crippen LogP contribution in [-0.4, -0.2) is 47.6 Å². The number of carbonyl (C=O) groups is 2. The first-order valence-corrected chi connectivity index (χ1v) is 9.57. The van der Waals surface area contributed by atoms with Crippen molar-refractivity contribution in [1.29, 1.82) is 0 Å². The molecule has 142 valence electrons. The number of rotatable bonds is 5. The predicted molar refractivity (Wildman–Crippen MR) is 106 cm³/mol. The number of anilines is 1. The van der Waals surface area contributed by atoms with Gasteiger partial charge in [0.2, 0.25) is 0 Å². The number of hydrogen-bond donors (Lipinski definition) is 2. The summed E-state index contributed by atoms with van der Waals surface area (Å²) in [6, 6.07) is 14.1. The maximum Gasteiger partial charge on any atom is 0.262 e. The highest BCUT2D eigenvalue weighted by Crippen LogP contribution is 2.22. The Morgan fingerprint density at radius 1 is 1.11 bits per heavy atom. The third kappa shape index (κ3) is 5.30. The summed E-state index contributed by atoms with van der Waals surface area (Å²) in [5.41, 5.74) is 1.09. The Labute approximate surface area is 166 Å². The Kier molecular flexibility index (Phi) is 6.47. The molecule has 2 aromatic rings. The van der Waals surface area contributed by atoms with E-state index in [0.29, 0.717) is 42.9 Å². The molecule has 1 heterocycles. The van der Waals surface area contributed by atoms with Crippen molar-refractivity contribution in [2.75, 3.05) is 25.0 Å². The molecule has 2 N–H and O–H groups in total. The summed E-state index contributed by atoms with van der Waals surface area (Å²) in [6.07, 6.45) is 0.803. The van der Waals surface area contributed by atoms with Crippen LogP contribution in [0, 0.1) is 0 Å². The van der Waals surface area contributed by atoms with Gasteiger partial charge in [0.25, 0.3) is 11.8 Å². The first kappa shape index (κ1) is 19.4. The third-order valence-electron chi connectivity index (χ3n) is 4.36. The number of hydrogen-bond acceptors (Lipinski definition) is 4. The molecule has 1 aliphatic heterocycles. The van der Waals surface area contributed by atoms with Crippen LogP contribution in [0.15, 0.2) is 53.0 Å². The van der Waals surface area contributed by atoms with Gasteiger partial charge in [0.15, 0.2) is 6.61 Å². The molecule has 2 amide bonds. The molecular formula is C20H21BrN2O4. The molecule has 1 saturated heterocycles. The molecule has 0 unspecified atom stereocenters. The van der Waals surface area contributed by atoms with Gasteiger partial charge >= 0.3 is 0 Å². The van der Waals surface area contributed by atoms with Crippen molar-refractivity contribution in [2.24, 2.45) is 0 Å². The number of aliphatic hydroxyl groups is 1. The predicted octanol–water partition coefficient (Wildman–Crippen LogP) is 3.06. The van der Waals surface area contributed by atoms with E-state index in [-0.39, 0.29) is 24.5 Å². The fraction of sp³-hybridized carbons (Fsp3) is 0.300. The summed E-state index contributed by atoms with van der Waals surface area (Å²) in [4.78, 5) is 26.6. The fourth-order valence-electron chi connectivity index (χ4n) is 2.88. The van der Waals surface area contributed by atoms with Crippen LogP contribution in [0.3, 0.4) is 0 Å².